The maximum absolute atomic E-state index is 13.3. The third kappa shape index (κ3) is 5.40. The third-order valence-electron chi connectivity index (χ3n) is 6.15. The van der Waals surface area contributed by atoms with Crippen molar-refractivity contribution in [2.45, 2.75) is 45.5 Å². The van der Waals surface area contributed by atoms with Gasteiger partial charge in [0.15, 0.2) is 0 Å². The van der Waals surface area contributed by atoms with Gasteiger partial charge in [0.2, 0.25) is 5.69 Å². The number of alkyl halides is 3. The Balaban J connectivity index is 1.76. The van der Waals surface area contributed by atoms with Crippen LogP contribution in [0.4, 0.5) is 13.2 Å². The van der Waals surface area contributed by atoms with Crippen LogP contribution in [0, 0.1) is 13.8 Å². The van der Waals surface area contributed by atoms with E-state index in [9.17, 15) is 27.6 Å². The molecule has 1 atom stereocenters. The van der Waals surface area contributed by atoms with Crippen molar-refractivity contribution in [2.75, 3.05) is 13.2 Å². The zero-order valence-corrected chi connectivity index (χ0v) is 19.8. The van der Waals surface area contributed by atoms with E-state index in [1.807, 2.05) is 13.8 Å². The summed E-state index contributed by atoms with van der Waals surface area (Å²) >= 11 is 0. The molecule has 8 nitrogen and oxygen atoms in total. The lowest BCUT2D eigenvalue weighted by atomic mass is 10.1. The summed E-state index contributed by atoms with van der Waals surface area (Å²) in [6.07, 6.45) is -3.05. The van der Waals surface area contributed by atoms with E-state index in [0.29, 0.717) is 12.3 Å². The molecule has 190 valence electrons. The molecule has 0 aliphatic carbocycles. The van der Waals surface area contributed by atoms with Gasteiger partial charge in [-0.15, -0.1) is 0 Å². The number of benzene rings is 2. The molecule has 1 aliphatic heterocycles. The Bertz CT molecular complexity index is 1390. The second-order valence-corrected chi connectivity index (χ2v) is 8.74. The Hall–Kier alpha value is -3.73. The highest BCUT2D eigenvalue weighted by molar-refractivity contribution is 5.91. The van der Waals surface area contributed by atoms with Crippen molar-refractivity contribution in [2.24, 2.45) is 0 Å². The second-order valence-electron chi connectivity index (χ2n) is 8.74. The molecule has 0 bridgehead atoms. The maximum Gasteiger partial charge on any atom is 0.416 e. The molecule has 36 heavy (non-hydrogen) atoms. The molecular formula is C25H25F3N4O4. The highest BCUT2D eigenvalue weighted by Gasteiger charge is 2.30. The molecule has 4 rings (SSSR count). The molecule has 1 aliphatic rings. The number of halogens is 3. The average molecular weight is 502 g/mol. The summed E-state index contributed by atoms with van der Waals surface area (Å²) in [4.78, 5) is 39.4. The minimum absolute atomic E-state index is 0.172. The zero-order valence-electron chi connectivity index (χ0n) is 19.8. The number of rotatable bonds is 6. The quantitative estimate of drug-likeness (QED) is 0.559. The smallest absolute Gasteiger partial charge is 0.376 e. The van der Waals surface area contributed by atoms with Crippen LogP contribution in [0.1, 0.15) is 45.6 Å². The zero-order chi connectivity index (χ0) is 26.0. The lowest BCUT2D eigenvalue weighted by molar-refractivity contribution is -0.137. The van der Waals surface area contributed by atoms with Gasteiger partial charge in [-0.05, 0) is 67.6 Å². The molecule has 11 heteroatoms. The van der Waals surface area contributed by atoms with Gasteiger partial charge in [-0.2, -0.15) is 23.0 Å². The van der Waals surface area contributed by atoms with Crippen molar-refractivity contribution in [3.05, 3.63) is 91.3 Å². The summed E-state index contributed by atoms with van der Waals surface area (Å²) in [6, 6.07) is 9.24. The molecule has 0 saturated carbocycles. The number of amides is 1. The summed E-state index contributed by atoms with van der Waals surface area (Å²) in [5.41, 5.74) is -0.648. The molecule has 3 aromatic rings. The molecule has 1 fully saturated rings. The number of carbonyl (C=O) groups is 1. The third-order valence-corrected chi connectivity index (χ3v) is 6.15. The summed E-state index contributed by atoms with van der Waals surface area (Å²) in [6.45, 7) is 4.18. The fourth-order valence-electron chi connectivity index (χ4n) is 3.90. The van der Waals surface area contributed by atoms with Gasteiger partial charge >= 0.3 is 11.9 Å². The summed E-state index contributed by atoms with van der Waals surface area (Å²) in [5.74, 6) is -0.769. The molecule has 2 aromatic carbocycles. The van der Waals surface area contributed by atoms with E-state index in [1.165, 1.54) is 12.1 Å². The van der Waals surface area contributed by atoms with E-state index in [0.717, 1.165) is 45.4 Å². The fraction of sp³-hybridized carbons (Fsp3) is 0.360. The van der Waals surface area contributed by atoms with Crippen LogP contribution in [0.5, 0.6) is 0 Å². The molecule has 1 amide bonds. The largest absolute Gasteiger partial charge is 0.416 e. The van der Waals surface area contributed by atoms with Crippen LogP contribution in [0.3, 0.4) is 0 Å². The average Bonchev–Trinajstić information content (AvgIpc) is 3.36. The van der Waals surface area contributed by atoms with E-state index in [4.69, 9.17) is 4.74 Å². The van der Waals surface area contributed by atoms with Crippen LogP contribution in [-0.2, 0) is 17.5 Å². The summed E-state index contributed by atoms with van der Waals surface area (Å²) in [7, 11) is 0. The number of carbonyl (C=O) groups excluding carboxylic acids is 1. The van der Waals surface area contributed by atoms with Gasteiger partial charge in [-0.25, -0.2) is 4.79 Å². The highest BCUT2D eigenvalue weighted by Crippen LogP contribution is 2.29. The normalized spacial score (nSPS) is 15.8. The topological polar surface area (TPSA) is 95.2 Å². The minimum atomic E-state index is -4.52. The predicted molar refractivity (Wildman–Crippen MR) is 125 cm³/mol. The molecule has 1 N–H and O–H groups in total. The lowest BCUT2D eigenvalue weighted by Gasteiger charge is -2.14. The molecule has 0 radical (unpaired) electrons. The number of aryl methyl sites for hydroxylation is 2. The van der Waals surface area contributed by atoms with Gasteiger partial charge in [-0.1, -0.05) is 18.2 Å². The number of aromatic nitrogens is 3. The Morgan fingerprint density at radius 3 is 2.44 bits per heavy atom. The molecular weight excluding hydrogens is 477 g/mol. The number of ether oxygens (including phenoxy) is 1. The van der Waals surface area contributed by atoms with Gasteiger partial charge in [0.25, 0.3) is 11.5 Å². The van der Waals surface area contributed by atoms with Gasteiger partial charge in [0, 0.05) is 13.2 Å². The van der Waals surface area contributed by atoms with E-state index < -0.39 is 34.6 Å². The number of nitrogens with one attached hydrogen (secondary N) is 1. The van der Waals surface area contributed by atoms with Crippen LogP contribution in [0.2, 0.25) is 0 Å². The second kappa shape index (κ2) is 10.1. The van der Waals surface area contributed by atoms with E-state index >= 15 is 0 Å². The van der Waals surface area contributed by atoms with Crippen molar-refractivity contribution in [1.29, 1.82) is 0 Å². The first kappa shape index (κ1) is 25.4. The van der Waals surface area contributed by atoms with Crippen LogP contribution in [-0.4, -0.2) is 39.5 Å². The Morgan fingerprint density at radius 2 is 1.83 bits per heavy atom. The van der Waals surface area contributed by atoms with Crippen molar-refractivity contribution in [3.8, 4) is 5.69 Å². The first-order valence-electron chi connectivity index (χ1n) is 11.4. The summed E-state index contributed by atoms with van der Waals surface area (Å²) in [5, 5.41) is 6.71. The van der Waals surface area contributed by atoms with Crippen LogP contribution < -0.4 is 16.6 Å². The molecule has 0 unspecified atom stereocenters. The van der Waals surface area contributed by atoms with Crippen LogP contribution in [0.25, 0.3) is 5.69 Å². The van der Waals surface area contributed by atoms with Crippen LogP contribution >= 0.6 is 0 Å². The Labute approximate surface area is 204 Å². The lowest BCUT2D eigenvalue weighted by Crippen LogP contribution is -2.46. The van der Waals surface area contributed by atoms with Crippen molar-refractivity contribution in [3.63, 3.8) is 0 Å². The van der Waals surface area contributed by atoms with Crippen molar-refractivity contribution >= 4 is 5.91 Å². The highest BCUT2D eigenvalue weighted by atomic mass is 19.4. The predicted octanol–water partition coefficient (Wildman–Crippen LogP) is 2.99. The van der Waals surface area contributed by atoms with Crippen LogP contribution in [0.15, 0.2) is 52.1 Å². The maximum atomic E-state index is 13.3. The fourth-order valence-corrected chi connectivity index (χ4v) is 3.90. The molecule has 2 heterocycles. The number of nitrogens with zero attached hydrogens (tertiary/aromatic N) is 3. The Kier molecular flexibility index (Phi) is 7.11. The molecule has 1 saturated heterocycles. The summed E-state index contributed by atoms with van der Waals surface area (Å²) < 4.78 is 46.0. The molecule has 0 spiro atoms. The minimum Gasteiger partial charge on any atom is -0.376 e. The van der Waals surface area contributed by atoms with Gasteiger partial charge in [-0.3, -0.25) is 14.2 Å². The van der Waals surface area contributed by atoms with Crippen molar-refractivity contribution in [1.82, 2.24) is 19.7 Å². The van der Waals surface area contributed by atoms with E-state index in [-0.39, 0.29) is 24.8 Å². The van der Waals surface area contributed by atoms with Gasteiger partial charge < -0.3 is 10.1 Å². The monoisotopic (exact) mass is 502 g/mol. The van der Waals surface area contributed by atoms with Gasteiger partial charge in [0.1, 0.15) is 0 Å². The van der Waals surface area contributed by atoms with Crippen molar-refractivity contribution < 1.29 is 22.7 Å². The van der Waals surface area contributed by atoms with E-state index in [2.05, 4.69) is 10.4 Å². The number of hydrogen-bond acceptors (Lipinski definition) is 5. The number of hydrogen-bond donors (Lipinski definition) is 1. The molecule has 1 aromatic heterocycles. The van der Waals surface area contributed by atoms with E-state index in [1.54, 1.807) is 18.2 Å². The SMILES string of the molecule is Cc1ccc(-n2nc(C(=O)NC[C@@H]3CCCO3)c(=O)n(Cc3ccc(C(F)(F)F)cc3)c2=O)cc1C. The Morgan fingerprint density at radius 1 is 1.11 bits per heavy atom. The first-order valence-corrected chi connectivity index (χ1v) is 11.4. The standard InChI is InChI=1S/C25H25F3N4O4/c1-15-5-10-19(12-16(15)2)32-24(35)31(14-17-6-8-18(9-7-17)25(26,27)28)23(34)21(30-32)22(33)29-13-20-4-3-11-36-20/h5-10,12,20H,3-4,11,13-14H2,1-2H3,(H,29,33)/t20-/m0/s1. The van der Waals surface area contributed by atoms with Gasteiger partial charge in [0.05, 0.1) is 23.9 Å². The first-order chi connectivity index (χ1) is 17.0.